The molecule has 0 saturated heterocycles. The summed E-state index contributed by atoms with van der Waals surface area (Å²) in [7, 11) is -3.46. The molecule has 7 heteroatoms. The van der Waals surface area contributed by atoms with E-state index in [1.807, 2.05) is 0 Å². The van der Waals surface area contributed by atoms with Crippen molar-refractivity contribution in [3.8, 4) is 0 Å². The van der Waals surface area contributed by atoms with Crippen LogP contribution in [0.15, 0.2) is 12.1 Å². The minimum absolute atomic E-state index is 0.0866. The molecule has 0 radical (unpaired) electrons. The highest BCUT2D eigenvalue weighted by molar-refractivity contribution is 7.92. The van der Waals surface area contributed by atoms with Gasteiger partial charge in [-0.2, -0.15) is 0 Å². The van der Waals surface area contributed by atoms with E-state index in [-0.39, 0.29) is 21.5 Å². The number of halogens is 2. The first kappa shape index (κ1) is 14.3. The van der Waals surface area contributed by atoms with Crippen LogP contribution in [0.1, 0.15) is 23.7 Å². The zero-order valence-corrected chi connectivity index (χ0v) is 11.6. The van der Waals surface area contributed by atoms with Crippen molar-refractivity contribution in [1.29, 1.82) is 0 Å². The average Bonchev–Trinajstić information content (AvgIpc) is 2.20. The molecule has 0 aliphatic carbocycles. The van der Waals surface area contributed by atoms with Gasteiger partial charge in [-0.15, -0.1) is 0 Å². The van der Waals surface area contributed by atoms with Crippen LogP contribution >= 0.6 is 23.2 Å². The van der Waals surface area contributed by atoms with Crippen molar-refractivity contribution >= 4 is 44.7 Å². The highest BCUT2D eigenvalue weighted by atomic mass is 35.5. The van der Waals surface area contributed by atoms with Crippen molar-refractivity contribution in [1.82, 2.24) is 0 Å². The molecule has 0 aliphatic rings. The molecule has 0 saturated carbocycles. The van der Waals surface area contributed by atoms with Gasteiger partial charge in [0.15, 0.2) is 5.78 Å². The Bertz CT molecular complexity index is 532. The molecule has 0 bridgehead atoms. The van der Waals surface area contributed by atoms with Crippen molar-refractivity contribution in [2.24, 2.45) is 0 Å². The molecule has 1 rings (SSSR count). The van der Waals surface area contributed by atoms with Gasteiger partial charge in [-0.25, -0.2) is 8.42 Å². The van der Waals surface area contributed by atoms with Crippen LogP contribution in [0.3, 0.4) is 0 Å². The summed E-state index contributed by atoms with van der Waals surface area (Å²) in [6, 6.07) is 2.79. The molecule has 0 heterocycles. The van der Waals surface area contributed by atoms with Gasteiger partial charge in [-0.1, -0.05) is 30.1 Å². The lowest BCUT2D eigenvalue weighted by molar-refractivity contribution is 0.0988. The van der Waals surface area contributed by atoms with Gasteiger partial charge in [0, 0.05) is 12.0 Å². The minimum atomic E-state index is -3.46. The van der Waals surface area contributed by atoms with E-state index in [9.17, 15) is 13.2 Å². The first-order chi connectivity index (χ1) is 7.74. The number of rotatable bonds is 4. The molecule has 17 heavy (non-hydrogen) atoms. The Hall–Kier alpha value is -0.780. The van der Waals surface area contributed by atoms with Gasteiger partial charge in [-0.05, 0) is 12.1 Å². The van der Waals surface area contributed by atoms with Crippen LogP contribution in [0.5, 0.6) is 0 Å². The van der Waals surface area contributed by atoms with Crippen LogP contribution in [0, 0.1) is 0 Å². The molecule has 1 N–H and O–H groups in total. The van der Waals surface area contributed by atoms with Gasteiger partial charge in [-0.3, -0.25) is 9.52 Å². The van der Waals surface area contributed by atoms with Crippen molar-refractivity contribution < 1.29 is 13.2 Å². The van der Waals surface area contributed by atoms with Gasteiger partial charge in [0.25, 0.3) is 0 Å². The molecule has 0 amide bonds. The SMILES string of the molecule is CCC(=O)c1cc(Cl)c(NS(C)(=O)=O)c(Cl)c1. The number of hydrogen-bond donors (Lipinski definition) is 1. The van der Waals surface area contributed by atoms with Crippen LogP contribution in [-0.2, 0) is 10.0 Å². The van der Waals surface area contributed by atoms with E-state index in [4.69, 9.17) is 23.2 Å². The number of sulfonamides is 1. The Balaban J connectivity index is 3.24. The zero-order valence-electron chi connectivity index (χ0n) is 9.25. The lowest BCUT2D eigenvalue weighted by Crippen LogP contribution is -2.11. The molecule has 0 spiro atoms. The monoisotopic (exact) mass is 295 g/mol. The van der Waals surface area contributed by atoms with E-state index in [2.05, 4.69) is 4.72 Å². The maximum atomic E-state index is 11.5. The van der Waals surface area contributed by atoms with Crippen LogP contribution < -0.4 is 4.72 Å². The number of ketones is 1. The Morgan fingerprint density at radius 3 is 2.12 bits per heavy atom. The fraction of sp³-hybridized carbons (Fsp3) is 0.300. The minimum Gasteiger partial charge on any atom is -0.294 e. The van der Waals surface area contributed by atoms with Crippen LogP contribution in [0.25, 0.3) is 0 Å². The fourth-order valence-electron chi connectivity index (χ4n) is 1.22. The van der Waals surface area contributed by atoms with Crippen molar-refractivity contribution in [3.05, 3.63) is 27.7 Å². The number of Topliss-reactive ketones (excluding diaryl/α,β-unsaturated/α-hetero) is 1. The van der Waals surface area contributed by atoms with E-state index in [1.165, 1.54) is 12.1 Å². The van der Waals surface area contributed by atoms with Crippen molar-refractivity contribution in [3.63, 3.8) is 0 Å². The molecule has 4 nitrogen and oxygen atoms in total. The molecule has 0 aromatic heterocycles. The van der Waals surface area contributed by atoms with E-state index in [0.717, 1.165) is 6.26 Å². The molecular weight excluding hydrogens is 285 g/mol. The molecule has 0 aliphatic heterocycles. The summed E-state index contributed by atoms with van der Waals surface area (Å²) in [6.07, 6.45) is 1.32. The summed E-state index contributed by atoms with van der Waals surface area (Å²) in [4.78, 5) is 11.5. The Labute approximate surface area is 110 Å². The van der Waals surface area contributed by atoms with E-state index >= 15 is 0 Å². The number of anilines is 1. The predicted octanol–water partition coefficient (Wildman–Crippen LogP) is 2.96. The summed E-state index contributed by atoms with van der Waals surface area (Å²) < 4.78 is 24.4. The van der Waals surface area contributed by atoms with E-state index < -0.39 is 10.0 Å². The molecule has 94 valence electrons. The lowest BCUT2D eigenvalue weighted by atomic mass is 10.1. The van der Waals surface area contributed by atoms with E-state index in [0.29, 0.717) is 12.0 Å². The van der Waals surface area contributed by atoms with Crippen LogP contribution in [0.2, 0.25) is 10.0 Å². The van der Waals surface area contributed by atoms with Gasteiger partial charge in [0.2, 0.25) is 10.0 Å². The van der Waals surface area contributed by atoms with E-state index in [1.54, 1.807) is 6.92 Å². The largest absolute Gasteiger partial charge is 0.294 e. The third-order valence-electron chi connectivity index (χ3n) is 1.97. The maximum Gasteiger partial charge on any atom is 0.229 e. The molecule has 0 fully saturated rings. The number of benzene rings is 1. The topological polar surface area (TPSA) is 63.2 Å². The molecule has 1 aromatic carbocycles. The number of carbonyl (C=O) groups excluding carboxylic acids is 1. The number of carbonyl (C=O) groups is 1. The second-order valence-corrected chi connectivity index (χ2v) is 6.03. The summed E-state index contributed by atoms with van der Waals surface area (Å²) >= 11 is 11.8. The third-order valence-corrected chi connectivity index (χ3v) is 3.14. The summed E-state index contributed by atoms with van der Waals surface area (Å²) in [5.74, 6) is -0.111. The summed E-state index contributed by atoms with van der Waals surface area (Å²) in [5, 5.41) is 0.194. The smallest absolute Gasteiger partial charge is 0.229 e. The Morgan fingerprint density at radius 1 is 1.29 bits per heavy atom. The van der Waals surface area contributed by atoms with Gasteiger partial charge >= 0.3 is 0 Å². The Kier molecular flexibility index (Phi) is 4.41. The molecule has 0 atom stereocenters. The number of nitrogens with one attached hydrogen (secondary N) is 1. The Morgan fingerprint density at radius 2 is 1.76 bits per heavy atom. The molecular formula is C10H11Cl2NO3S. The average molecular weight is 296 g/mol. The lowest BCUT2D eigenvalue weighted by Gasteiger charge is -2.10. The van der Waals surface area contributed by atoms with Gasteiger partial charge in [0.05, 0.1) is 22.0 Å². The first-order valence-corrected chi connectivity index (χ1v) is 7.39. The maximum absolute atomic E-state index is 11.5. The van der Waals surface area contributed by atoms with Gasteiger partial charge in [0.1, 0.15) is 0 Å². The summed E-state index contributed by atoms with van der Waals surface area (Å²) in [6.45, 7) is 1.72. The van der Waals surface area contributed by atoms with Crippen molar-refractivity contribution in [2.75, 3.05) is 11.0 Å². The second kappa shape index (κ2) is 5.25. The van der Waals surface area contributed by atoms with Gasteiger partial charge < -0.3 is 0 Å². The fourth-order valence-corrected chi connectivity index (χ4v) is 2.51. The zero-order chi connectivity index (χ0) is 13.2. The van der Waals surface area contributed by atoms with Crippen LogP contribution in [-0.4, -0.2) is 20.5 Å². The highest BCUT2D eigenvalue weighted by Crippen LogP contribution is 2.32. The third kappa shape index (κ3) is 3.87. The standard InChI is InChI=1S/C10H11Cl2NO3S/c1-3-9(14)6-4-7(11)10(8(12)5-6)13-17(2,15)16/h4-5,13H,3H2,1-2H3. The second-order valence-electron chi connectivity index (χ2n) is 3.47. The van der Waals surface area contributed by atoms with Crippen molar-refractivity contribution in [2.45, 2.75) is 13.3 Å². The highest BCUT2D eigenvalue weighted by Gasteiger charge is 2.14. The number of hydrogen-bond acceptors (Lipinski definition) is 3. The quantitative estimate of drug-likeness (QED) is 0.869. The van der Waals surface area contributed by atoms with Crippen LogP contribution in [0.4, 0.5) is 5.69 Å². The molecule has 1 aromatic rings. The molecule has 0 unspecified atom stereocenters. The first-order valence-electron chi connectivity index (χ1n) is 4.74. The predicted molar refractivity (Wildman–Crippen MR) is 69.6 cm³/mol. The summed E-state index contributed by atoms with van der Waals surface area (Å²) in [5.41, 5.74) is 0.449. The normalized spacial score (nSPS) is 11.3.